The van der Waals surface area contributed by atoms with E-state index in [1.807, 2.05) is 11.8 Å². The van der Waals surface area contributed by atoms with Crippen LogP contribution in [0.3, 0.4) is 0 Å². The van der Waals surface area contributed by atoms with E-state index in [9.17, 15) is 13.6 Å². The first-order valence-corrected chi connectivity index (χ1v) is 14.6. The molecule has 0 bridgehead atoms. The zero-order chi connectivity index (χ0) is 28.6. The van der Waals surface area contributed by atoms with Crippen molar-refractivity contribution in [2.75, 3.05) is 44.8 Å². The van der Waals surface area contributed by atoms with Gasteiger partial charge >= 0.3 is 6.03 Å². The first-order valence-electron chi connectivity index (χ1n) is 14.6. The van der Waals surface area contributed by atoms with Crippen molar-refractivity contribution < 1.29 is 23.0 Å². The molecule has 3 N–H and O–H groups in total. The number of likely N-dealkylation sites (tertiary alicyclic amines) is 1. The molecule has 4 heterocycles. The number of hydrogen-bond donors (Lipinski definition) is 3. The minimum Gasteiger partial charge on any atom is -0.379 e. The Kier molecular flexibility index (Phi) is 9.94. The van der Waals surface area contributed by atoms with Gasteiger partial charge in [0.2, 0.25) is 0 Å². The van der Waals surface area contributed by atoms with Crippen LogP contribution in [0.5, 0.6) is 0 Å². The number of pyridine rings is 1. The summed E-state index contributed by atoms with van der Waals surface area (Å²) in [4.78, 5) is 30.5. The number of ether oxygens (including phenoxy) is 2. The fourth-order valence-corrected chi connectivity index (χ4v) is 5.76. The molecule has 1 aliphatic carbocycles. The average Bonchev–Trinajstić information content (AvgIpc) is 3.61. The molecule has 41 heavy (non-hydrogen) atoms. The molecule has 0 radical (unpaired) electrons. The number of H-pyrrole nitrogens is 1. The van der Waals surface area contributed by atoms with Crippen molar-refractivity contribution in [2.24, 2.45) is 5.92 Å². The number of carbonyl (C=O) groups is 1. The van der Waals surface area contributed by atoms with Gasteiger partial charge in [0, 0.05) is 55.5 Å². The number of fused-ring (bicyclic) bond motifs is 1. The molecule has 0 spiro atoms. The van der Waals surface area contributed by atoms with Gasteiger partial charge in [-0.05, 0) is 63.9 Å². The van der Waals surface area contributed by atoms with Crippen molar-refractivity contribution in [1.82, 2.24) is 30.2 Å². The second-order valence-electron chi connectivity index (χ2n) is 10.8. The van der Waals surface area contributed by atoms with Crippen LogP contribution in [-0.2, 0) is 9.47 Å². The number of anilines is 1. The van der Waals surface area contributed by atoms with E-state index in [0.29, 0.717) is 48.8 Å². The van der Waals surface area contributed by atoms with Crippen molar-refractivity contribution >= 4 is 22.9 Å². The topological polar surface area (TPSA) is 117 Å². The molecule has 3 aromatic rings. The van der Waals surface area contributed by atoms with Crippen molar-refractivity contribution in [3.05, 3.63) is 36.3 Å². The monoisotopic (exact) mass is 571 g/mol. The lowest BCUT2D eigenvalue weighted by molar-refractivity contribution is 0.0503. The van der Waals surface area contributed by atoms with Crippen LogP contribution in [-0.4, -0.2) is 82.5 Å². The van der Waals surface area contributed by atoms with E-state index in [0.717, 1.165) is 70.6 Å². The molecule has 1 saturated carbocycles. The molecule has 0 aromatic carbocycles. The maximum atomic E-state index is 14.7. The molecule has 222 valence electrons. The molecule has 12 heteroatoms. The molecule has 1 saturated heterocycles. The van der Waals surface area contributed by atoms with Crippen molar-refractivity contribution in [3.8, 4) is 11.4 Å². The van der Waals surface area contributed by atoms with Crippen molar-refractivity contribution in [2.45, 2.75) is 64.0 Å². The number of aromatic nitrogens is 4. The predicted molar refractivity (Wildman–Crippen MR) is 151 cm³/mol. The lowest BCUT2D eigenvalue weighted by Crippen LogP contribution is -2.47. The second kappa shape index (κ2) is 14.0. The summed E-state index contributed by atoms with van der Waals surface area (Å²) >= 11 is 0. The van der Waals surface area contributed by atoms with Crippen LogP contribution < -0.4 is 10.6 Å². The Labute approximate surface area is 238 Å². The maximum absolute atomic E-state index is 14.7. The van der Waals surface area contributed by atoms with E-state index < -0.39 is 11.6 Å². The third kappa shape index (κ3) is 7.68. The van der Waals surface area contributed by atoms with Crippen LogP contribution in [0.2, 0.25) is 0 Å². The minimum absolute atomic E-state index is 0.00132. The molecule has 2 fully saturated rings. The number of carbonyl (C=O) groups excluding carboxylic acids is 1. The third-order valence-corrected chi connectivity index (χ3v) is 7.88. The molecular weight excluding hydrogens is 532 g/mol. The summed E-state index contributed by atoms with van der Waals surface area (Å²) in [7, 11) is 0. The average molecular weight is 572 g/mol. The number of nitrogens with zero attached hydrogens (tertiary/aromatic N) is 4. The van der Waals surface area contributed by atoms with E-state index >= 15 is 0 Å². The summed E-state index contributed by atoms with van der Waals surface area (Å²) in [6, 6.07) is 1.27. The largest absolute Gasteiger partial charge is 0.379 e. The summed E-state index contributed by atoms with van der Waals surface area (Å²) in [5.74, 6) is -0.177. The first-order chi connectivity index (χ1) is 20.0. The number of amides is 2. The van der Waals surface area contributed by atoms with E-state index in [2.05, 4.69) is 30.6 Å². The lowest BCUT2D eigenvalue weighted by atomic mass is 9.91. The van der Waals surface area contributed by atoms with Gasteiger partial charge in [0.1, 0.15) is 11.5 Å². The molecule has 10 nitrogen and oxygen atoms in total. The SMILES string of the molecule is CCOCCOCCCC1CCN(C(=O)N[C@H]2CCC[C@@H](Nc3nc(-c4c[nH]c5ncc(F)cc45)ncc3F)C2)C1. The van der Waals surface area contributed by atoms with Crippen molar-refractivity contribution in [3.63, 3.8) is 0 Å². The molecule has 3 aromatic heterocycles. The number of nitrogens with one attached hydrogen (secondary N) is 3. The summed E-state index contributed by atoms with van der Waals surface area (Å²) < 4.78 is 39.4. The van der Waals surface area contributed by atoms with Gasteiger partial charge in [-0.3, -0.25) is 0 Å². The van der Waals surface area contributed by atoms with E-state index in [1.54, 1.807) is 6.20 Å². The van der Waals surface area contributed by atoms with E-state index in [4.69, 9.17) is 9.47 Å². The zero-order valence-electron chi connectivity index (χ0n) is 23.5. The van der Waals surface area contributed by atoms with Gasteiger partial charge in [-0.15, -0.1) is 0 Å². The van der Waals surface area contributed by atoms with Gasteiger partial charge in [0.05, 0.1) is 25.6 Å². The van der Waals surface area contributed by atoms with Gasteiger partial charge in [-0.2, -0.15) is 0 Å². The summed E-state index contributed by atoms with van der Waals surface area (Å²) in [6.45, 7) is 6.18. The number of rotatable bonds is 12. The third-order valence-electron chi connectivity index (χ3n) is 7.88. The second-order valence-corrected chi connectivity index (χ2v) is 10.8. The van der Waals surface area contributed by atoms with Crippen molar-refractivity contribution in [1.29, 1.82) is 0 Å². The van der Waals surface area contributed by atoms with Gasteiger partial charge < -0.3 is 30.0 Å². The molecule has 2 aliphatic rings. The highest BCUT2D eigenvalue weighted by molar-refractivity contribution is 5.91. The highest BCUT2D eigenvalue weighted by atomic mass is 19.1. The van der Waals surface area contributed by atoms with Crippen LogP contribution in [0.4, 0.5) is 19.4 Å². The van der Waals surface area contributed by atoms with Gasteiger partial charge in [0.25, 0.3) is 0 Å². The smallest absolute Gasteiger partial charge is 0.317 e. The summed E-state index contributed by atoms with van der Waals surface area (Å²) in [5.41, 5.74) is 1.04. The Bertz CT molecular complexity index is 1310. The number of aromatic amines is 1. The number of halogens is 2. The Hall–Kier alpha value is -3.38. The molecule has 1 aliphatic heterocycles. The van der Waals surface area contributed by atoms with Crippen LogP contribution in [0.15, 0.2) is 24.7 Å². The van der Waals surface area contributed by atoms with Crippen LogP contribution in [0.1, 0.15) is 51.9 Å². The highest BCUT2D eigenvalue weighted by Crippen LogP contribution is 2.29. The van der Waals surface area contributed by atoms with Crippen LogP contribution in [0.25, 0.3) is 22.4 Å². The Balaban J connectivity index is 1.10. The number of urea groups is 1. The highest BCUT2D eigenvalue weighted by Gasteiger charge is 2.30. The zero-order valence-corrected chi connectivity index (χ0v) is 23.5. The Morgan fingerprint density at radius 2 is 1.98 bits per heavy atom. The summed E-state index contributed by atoms with van der Waals surface area (Å²) in [5, 5.41) is 6.95. The standard InChI is InChI=1S/C29H39F2N7O3/c1-2-40-11-12-41-10-4-5-19-8-9-38(18-19)29(39)36-22-7-3-6-21(14-22)35-28-25(31)17-34-27(37-28)24-16-33-26-23(24)13-20(30)15-32-26/h13,15-17,19,21-22H,2-12,14,18H2,1H3,(H,32,33)(H,36,39)(H,34,35,37)/t19?,21-,22+/m1/s1. The molecule has 5 rings (SSSR count). The van der Waals surface area contributed by atoms with E-state index in [1.165, 1.54) is 6.07 Å². The quantitative estimate of drug-likeness (QED) is 0.265. The van der Waals surface area contributed by atoms with Gasteiger partial charge in [-0.25, -0.2) is 28.5 Å². The molecule has 3 atom stereocenters. The van der Waals surface area contributed by atoms with Crippen LogP contribution >= 0.6 is 0 Å². The fraction of sp³-hybridized carbons (Fsp3) is 0.586. The van der Waals surface area contributed by atoms with Gasteiger partial charge in [-0.1, -0.05) is 0 Å². The summed E-state index contributed by atoms with van der Waals surface area (Å²) in [6.07, 6.45) is 10.2. The maximum Gasteiger partial charge on any atom is 0.317 e. The van der Waals surface area contributed by atoms with Gasteiger partial charge in [0.15, 0.2) is 17.5 Å². The normalized spacial score (nSPS) is 21.0. The first kappa shape index (κ1) is 29.1. The number of hydrogen-bond acceptors (Lipinski definition) is 7. The Morgan fingerprint density at radius 3 is 2.85 bits per heavy atom. The molecular formula is C29H39F2N7O3. The molecule has 2 amide bonds. The van der Waals surface area contributed by atoms with E-state index in [-0.39, 0.29) is 29.8 Å². The van der Waals surface area contributed by atoms with Crippen LogP contribution in [0, 0.1) is 17.6 Å². The minimum atomic E-state index is -0.563. The Morgan fingerprint density at radius 1 is 1.12 bits per heavy atom. The lowest BCUT2D eigenvalue weighted by Gasteiger charge is -2.32. The fourth-order valence-electron chi connectivity index (χ4n) is 5.76. The predicted octanol–water partition coefficient (Wildman–Crippen LogP) is 4.89. The molecule has 1 unspecified atom stereocenters.